The normalized spacial score (nSPS) is 12.7. The Kier molecular flexibility index (Phi) is 3.52. The summed E-state index contributed by atoms with van der Waals surface area (Å²) in [5.74, 6) is 0.654. The van der Waals surface area contributed by atoms with Crippen LogP contribution in [0, 0.1) is 5.82 Å². The van der Waals surface area contributed by atoms with E-state index in [0.29, 0.717) is 12.0 Å². The molecule has 0 aliphatic carbocycles. The lowest BCUT2D eigenvalue weighted by molar-refractivity contribution is 0.445. The Balaban J connectivity index is 1.91. The molecule has 0 saturated heterocycles. The number of fused-ring (bicyclic) bond motifs is 1. The molecule has 0 aliphatic heterocycles. The van der Waals surface area contributed by atoms with E-state index in [1.807, 2.05) is 49.5 Å². The Morgan fingerprint density at radius 3 is 2.60 bits per heavy atom. The molecule has 0 saturated carbocycles. The second-order valence-corrected chi connectivity index (χ2v) is 4.82. The second kappa shape index (κ2) is 5.47. The first kappa shape index (κ1) is 12.9. The first-order valence-corrected chi connectivity index (χ1v) is 6.67. The predicted octanol–water partition coefficient (Wildman–Crippen LogP) is 4.08. The van der Waals surface area contributed by atoms with Crippen LogP contribution >= 0.6 is 0 Å². The van der Waals surface area contributed by atoms with Crippen LogP contribution in [-0.4, -0.2) is 7.05 Å². The van der Waals surface area contributed by atoms with Crippen molar-refractivity contribution < 1.29 is 8.81 Å². The highest BCUT2D eigenvalue weighted by Gasteiger charge is 2.16. The van der Waals surface area contributed by atoms with E-state index in [-0.39, 0.29) is 11.9 Å². The SMILES string of the molecule is CNC(Cc1ccccc1F)c1cc2ccccc2o1. The molecule has 0 aliphatic rings. The van der Waals surface area contributed by atoms with Gasteiger partial charge < -0.3 is 9.73 Å². The molecule has 0 spiro atoms. The number of furan rings is 1. The van der Waals surface area contributed by atoms with Crippen LogP contribution in [0.4, 0.5) is 4.39 Å². The van der Waals surface area contributed by atoms with Gasteiger partial charge >= 0.3 is 0 Å². The fraction of sp³-hybridized carbons (Fsp3) is 0.176. The minimum absolute atomic E-state index is 0.0423. The van der Waals surface area contributed by atoms with Crippen LogP contribution < -0.4 is 5.32 Å². The topological polar surface area (TPSA) is 25.2 Å². The molecule has 3 rings (SSSR count). The second-order valence-electron chi connectivity index (χ2n) is 4.82. The van der Waals surface area contributed by atoms with Crippen molar-refractivity contribution in [3.05, 3.63) is 71.7 Å². The molecule has 0 radical (unpaired) electrons. The number of nitrogens with one attached hydrogen (secondary N) is 1. The highest BCUT2D eigenvalue weighted by molar-refractivity contribution is 5.77. The summed E-state index contributed by atoms with van der Waals surface area (Å²) in [5, 5.41) is 4.26. The molecule has 1 N–H and O–H groups in total. The van der Waals surface area contributed by atoms with E-state index in [0.717, 1.165) is 16.7 Å². The van der Waals surface area contributed by atoms with Crippen LogP contribution in [0.15, 0.2) is 59.0 Å². The van der Waals surface area contributed by atoms with Gasteiger partial charge in [0.2, 0.25) is 0 Å². The van der Waals surface area contributed by atoms with Crippen molar-refractivity contribution in [2.24, 2.45) is 0 Å². The first-order valence-electron chi connectivity index (χ1n) is 6.67. The molecule has 1 atom stereocenters. The zero-order valence-electron chi connectivity index (χ0n) is 11.3. The van der Waals surface area contributed by atoms with Gasteiger partial charge in [-0.1, -0.05) is 36.4 Å². The lowest BCUT2D eigenvalue weighted by Crippen LogP contribution is -2.18. The van der Waals surface area contributed by atoms with Crippen molar-refractivity contribution in [2.45, 2.75) is 12.5 Å². The van der Waals surface area contributed by atoms with Gasteiger partial charge in [0, 0.05) is 5.39 Å². The van der Waals surface area contributed by atoms with Crippen LogP contribution in [0.25, 0.3) is 11.0 Å². The van der Waals surface area contributed by atoms with E-state index >= 15 is 0 Å². The summed E-state index contributed by atoms with van der Waals surface area (Å²) in [6.45, 7) is 0. The zero-order valence-corrected chi connectivity index (χ0v) is 11.3. The van der Waals surface area contributed by atoms with Gasteiger partial charge in [-0.3, -0.25) is 0 Å². The molecule has 3 heteroatoms. The van der Waals surface area contributed by atoms with E-state index in [2.05, 4.69) is 5.32 Å². The van der Waals surface area contributed by atoms with Gasteiger partial charge in [-0.25, -0.2) is 4.39 Å². The summed E-state index contributed by atoms with van der Waals surface area (Å²) < 4.78 is 19.6. The van der Waals surface area contributed by atoms with E-state index < -0.39 is 0 Å². The number of hydrogen-bond donors (Lipinski definition) is 1. The van der Waals surface area contributed by atoms with Crippen LogP contribution in [-0.2, 0) is 6.42 Å². The summed E-state index contributed by atoms with van der Waals surface area (Å²) in [4.78, 5) is 0. The van der Waals surface area contributed by atoms with Crippen molar-refractivity contribution in [1.29, 1.82) is 0 Å². The standard InChI is InChI=1S/C17H16FNO/c1-19-15(10-12-6-2-4-8-14(12)18)17-11-13-7-3-5-9-16(13)20-17/h2-9,11,15,19H,10H2,1H3. The zero-order chi connectivity index (χ0) is 13.9. The molecular formula is C17H16FNO. The van der Waals surface area contributed by atoms with Gasteiger partial charge in [-0.2, -0.15) is 0 Å². The number of hydrogen-bond acceptors (Lipinski definition) is 2. The highest BCUT2D eigenvalue weighted by Crippen LogP contribution is 2.26. The first-order chi connectivity index (χ1) is 9.78. The van der Waals surface area contributed by atoms with Gasteiger partial charge in [-0.15, -0.1) is 0 Å². The maximum absolute atomic E-state index is 13.7. The number of rotatable bonds is 4. The number of benzene rings is 2. The Labute approximate surface area is 117 Å². The fourth-order valence-electron chi connectivity index (χ4n) is 2.40. The molecule has 1 unspecified atom stereocenters. The van der Waals surface area contributed by atoms with E-state index in [1.165, 1.54) is 6.07 Å². The summed E-state index contributed by atoms with van der Waals surface area (Å²) in [6.07, 6.45) is 0.559. The Morgan fingerprint density at radius 1 is 1.10 bits per heavy atom. The van der Waals surface area contributed by atoms with Gasteiger partial charge in [-0.05, 0) is 37.2 Å². The summed E-state index contributed by atoms with van der Waals surface area (Å²) in [7, 11) is 1.86. The molecule has 2 aromatic carbocycles. The number of para-hydroxylation sites is 1. The molecule has 1 heterocycles. The van der Waals surface area contributed by atoms with Gasteiger partial charge in [0.05, 0.1) is 6.04 Å². The predicted molar refractivity (Wildman–Crippen MR) is 78.1 cm³/mol. The van der Waals surface area contributed by atoms with Crippen molar-refractivity contribution in [2.75, 3.05) is 7.05 Å². The molecular weight excluding hydrogens is 253 g/mol. The third-order valence-electron chi connectivity index (χ3n) is 3.52. The van der Waals surface area contributed by atoms with Gasteiger partial charge in [0.25, 0.3) is 0 Å². The van der Waals surface area contributed by atoms with Crippen LogP contribution in [0.2, 0.25) is 0 Å². The molecule has 0 amide bonds. The average molecular weight is 269 g/mol. The van der Waals surface area contributed by atoms with Gasteiger partial charge in [0.15, 0.2) is 0 Å². The molecule has 2 nitrogen and oxygen atoms in total. The molecule has 1 aromatic heterocycles. The van der Waals surface area contributed by atoms with E-state index in [4.69, 9.17) is 4.42 Å². The lowest BCUT2D eigenvalue weighted by atomic mass is 10.0. The van der Waals surface area contributed by atoms with Crippen molar-refractivity contribution >= 4 is 11.0 Å². The minimum atomic E-state index is -0.177. The van der Waals surface area contributed by atoms with Crippen molar-refractivity contribution in [3.63, 3.8) is 0 Å². The Bertz CT molecular complexity index is 687. The summed E-state index contributed by atoms with van der Waals surface area (Å²) in [6, 6.07) is 16.7. The quantitative estimate of drug-likeness (QED) is 0.772. The highest BCUT2D eigenvalue weighted by atomic mass is 19.1. The van der Waals surface area contributed by atoms with Crippen LogP contribution in [0.3, 0.4) is 0 Å². The van der Waals surface area contributed by atoms with Crippen LogP contribution in [0.5, 0.6) is 0 Å². The average Bonchev–Trinajstić information content (AvgIpc) is 2.90. The number of likely N-dealkylation sites (N-methyl/N-ethyl adjacent to an activating group) is 1. The smallest absolute Gasteiger partial charge is 0.134 e. The minimum Gasteiger partial charge on any atom is -0.459 e. The van der Waals surface area contributed by atoms with Crippen LogP contribution in [0.1, 0.15) is 17.4 Å². The molecule has 0 bridgehead atoms. The van der Waals surface area contributed by atoms with E-state index in [9.17, 15) is 4.39 Å². The molecule has 102 valence electrons. The third-order valence-corrected chi connectivity index (χ3v) is 3.52. The fourth-order valence-corrected chi connectivity index (χ4v) is 2.40. The Hall–Kier alpha value is -2.13. The molecule has 3 aromatic rings. The Morgan fingerprint density at radius 2 is 1.85 bits per heavy atom. The maximum atomic E-state index is 13.7. The van der Waals surface area contributed by atoms with Crippen molar-refractivity contribution in [1.82, 2.24) is 5.32 Å². The summed E-state index contributed by atoms with van der Waals surface area (Å²) >= 11 is 0. The maximum Gasteiger partial charge on any atom is 0.134 e. The lowest BCUT2D eigenvalue weighted by Gasteiger charge is -2.14. The molecule has 0 fully saturated rings. The monoisotopic (exact) mass is 269 g/mol. The van der Waals surface area contributed by atoms with Crippen molar-refractivity contribution in [3.8, 4) is 0 Å². The summed E-state index contributed by atoms with van der Waals surface area (Å²) in [5.41, 5.74) is 1.54. The third kappa shape index (κ3) is 2.45. The largest absolute Gasteiger partial charge is 0.459 e. The van der Waals surface area contributed by atoms with E-state index in [1.54, 1.807) is 6.07 Å². The number of halogens is 1. The molecule has 20 heavy (non-hydrogen) atoms. The van der Waals surface area contributed by atoms with Gasteiger partial charge in [0.1, 0.15) is 17.2 Å².